The van der Waals surface area contributed by atoms with Gasteiger partial charge in [0.1, 0.15) is 17.4 Å². The molecule has 3 aromatic heterocycles. The molecule has 0 aliphatic heterocycles. The Labute approximate surface area is 171 Å². The van der Waals surface area contributed by atoms with Crippen molar-refractivity contribution in [2.75, 3.05) is 0 Å². The van der Waals surface area contributed by atoms with Crippen LogP contribution in [0.15, 0.2) is 88.1 Å². The van der Waals surface area contributed by atoms with E-state index in [9.17, 15) is 4.79 Å². The van der Waals surface area contributed by atoms with Crippen LogP contribution in [0.25, 0.3) is 22.3 Å². The highest BCUT2D eigenvalue weighted by molar-refractivity contribution is 5.98. The number of rotatable bonds is 5. The summed E-state index contributed by atoms with van der Waals surface area (Å²) in [6.45, 7) is 0. The van der Waals surface area contributed by atoms with Crippen LogP contribution < -0.4 is 5.32 Å². The van der Waals surface area contributed by atoms with Crippen LogP contribution >= 0.6 is 0 Å². The van der Waals surface area contributed by atoms with Gasteiger partial charge < -0.3 is 14.3 Å². The van der Waals surface area contributed by atoms with Crippen LogP contribution in [0.3, 0.4) is 0 Å². The Hall–Kier alpha value is -4.13. The van der Waals surface area contributed by atoms with Gasteiger partial charge in [-0.15, -0.1) is 0 Å². The normalized spacial score (nSPS) is 12.2. The maximum atomic E-state index is 13.3. The predicted octanol–water partition coefficient (Wildman–Crippen LogP) is 4.34. The van der Waals surface area contributed by atoms with Gasteiger partial charge in [-0.25, -0.2) is 0 Å². The largest absolute Gasteiger partial charge is 0.459 e. The van der Waals surface area contributed by atoms with Gasteiger partial charge in [0, 0.05) is 24.7 Å². The molecule has 0 radical (unpaired) electrons. The van der Waals surface area contributed by atoms with E-state index in [0.717, 1.165) is 16.5 Å². The van der Waals surface area contributed by atoms with Gasteiger partial charge in [-0.05, 0) is 17.7 Å². The minimum atomic E-state index is -0.476. The van der Waals surface area contributed by atoms with E-state index in [-0.39, 0.29) is 11.6 Å². The highest BCUT2D eigenvalue weighted by atomic mass is 16.5. The molecular formula is C23H18N4O3. The lowest BCUT2D eigenvalue weighted by Crippen LogP contribution is -2.29. The molecule has 148 valence electrons. The van der Waals surface area contributed by atoms with Gasteiger partial charge in [0.05, 0.1) is 11.8 Å². The number of fused-ring (bicyclic) bond motifs is 1. The molecule has 0 bridgehead atoms. The first kappa shape index (κ1) is 17.9. The summed E-state index contributed by atoms with van der Waals surface area (Å²) < 4.78 is 12.9. The first-order valence-electron chi connectivity index (χ1n) is 9.48. The number of aryl methyl sites for hydroxylation is 1. The quantitative estimate of drug-likeness (QED) is 0.476. The minimum absolute atomic E-state index is 0.256. The molecule has 1 atom stereocenters. The predicted molar refractivity (Wildman–Crippen MR) is 111 cm³/mol. The van der Waals surface area contributed by atoms with Gasteiger partial charge in [-0.1, -0.05) is 53.7 Å². The van der Waals surface area contributed by atoms with Crippen LogP contribution in [0.5, 0.6) is 0 Å². The number of hydrogen-bond acceptors (Lipinski definition) is 5. The number of carbonyl (C=O) groups excluding carboxylic acids is 1. The number of nitrogens with one attached hydrogen (secondary N) is 1. The van der Waals surface area contributed by atoms with Crippen molar-refractivity contribution in [3.05, 3.63) is 96.1 Å². The zero-order valence-electron chi connectivity index (χ0n) is 16.1. The summed E-state index contributed by atoms with van der Waals surface area (Å²) in [5, 5.41) is 12.1. The van der Waals surface area contributed by atoms with Gasteiger partial charge in [-0.3, -0.25) is 9.48 Å². The monoisotopic (exact) mass is 398 g/mol. The second-order valence-corrected chi connectivity index (χ2v) is 6.95. The van der Waals surface area contributed by atoms with Crippen molar-refractivity contribution in [2.24, 2.45) is 7.05 Å². The summed E-state index contributed by atoms with van der Waals surface area (Å²) in [6, 6.07) is 20.6. The van der Waals surface area contributed by atoms with Crippen molar-refractivity contribution in [3.8, 4) is 11.3 Å². The SMILES string of the molecule is Cn1cc(-c2ccno2)c(C(=O)NC(c2ccccc2)c2cc3ccccc3o2)n1. The Morgan fingerprint density at radius 2 is 1.87 bits per heavy atom. The van der Waals surface area contributed by atoms with Gasteiger partial charge >= 0.3 is 0 Å². The zero-order valence-corrected chi connectivity index (χ0v) is 16.1. The van der Waals surface area contributed by atoms with E-state index in [1.807, 2.05) is 60.7 Å². The van der Waals surface area contributed by atoms with Crippen molar-refractivity contribution in [1.29, 1.82) is 0 Å². The topological polar surface area (TPSA) is 86.1 Å². The number of furan rings is 1. The van der Waals surface area contributed by atoms with Crippen LogP contribution in [0.4, 0.5) is 0 Å². The number of para-hydroxylation sites is 1. The molecule has 7 nitrogen and oxygen atoms in total. The van der Waals surface area contributed by atoms with Gasteiger partial charge in [0.2, 0.25) is 0 Å². The first-order chi connectivity index (χ1) is 14.7. The van der Waals surface area contributed by atoms with Crippen LogP contribution in [-0.2, 0) is 7.05 Å². The maximum absolute atomic E-state index is 13.3. The first-order valence-corrected chi connectivity index (χ1v) is 9.48. The lowest BCUT2D eigenvalue weighted by molar-refractivity contribution is 0.0934. The summed E-state index contributed by atoms with van der Waals surface area (Å²) in [4.78, 5) is 13.3. The van der Waals surface area contributed by atoms with E-state index in [1.54, 1.807) is 24.0 Å². The van der Waals surface area contributed by atoms with Crippen molar-refractivity contribution >= 4 is 16.9 Å². The molecule has 0 spiro atoms. The number of aromatic nitrogens is 3. The van der Waals surface area contributed by atoms with E-state index in [4.69, 9.17) is 8.94 Å². The molecule has 5 aromatic rings. The molecule has 0 aliphatic rings. The third-order valence-electron chi connectivity index (χ3n) is 4.88. The van der Waals surface area contributed by atoms with Crippen molar-refractivity contribution < 1.29 is 13.7 Å². The van der Waals surface area contributed by atoms with Crippen LogP contribution in [-0.4, -0.2) is 20.8 Å². The molecule has 5 rings (SSSR count). The third-order valence-corrected chi connectivity index (χ3v) is 4.88. The number of amides is 1. The van der Waals surface area contributed by atoms with E-state index >= 15 is 0 Å². The summed E-state index contributed by atoms with van der Waals surface area (Å²) in [5.74, 6) is 0.789. The highest BCUT2D eigenvalue weighted by Crippen LogP contribution is 2.29. The lowest BCUT2D eigenvalue weighted by Gasteiger charge is -2.17. The molecule has 0 aliphatic carbocycles. The second-order valence-electron chi connectivity index (χ2n) is 6.95. The molecule has 1 amide bonds. The Balaban J connectivity index is 1.54. The Bertz CT molecular complexity index is 1270. The summed E-state index contributed by atoms with van der Waals surface area (Å²) in [5.41, 5.74) is 2.50. The molecule has 1 unspecified atom stereocenters. The van der Waals surface area contributed by atoms with Gasteiger partial charge in [-0.2, -0.15) is 5.10 Å². The minimum Gasteiger partial charge on any atom is -0.459 e. The fourth-order valence-electron chi connectivity index (χ4n) is 3.50. The average Bonchev–Trinajstić information content (AvgIpc) is 3.51. The van der Waals surface area contributed by atoms with Crippen LogP contribution in [0, 0.1) is 0 Å². The number of benzene rings is 2. The van der Waals surface area contributed by atoms with E-state index < -0.39 is 6.04 Å². The molecule has 3 heterocycles. The number of hydrogen-bond donors (Lipinski definition) is 1. The average molecular weight is 398 g/mol. The van der Waals surface area contributed by atoms with Gasteiger partial charge in [0.15, 0.2) is 11.5 Å². The van der Waals surface area contributed by atoms with Crippen molar-refractivity contribution in [2.45, 2.75) is 6.04 Å². The van der Waals surface area contributed by atoms with Crippen LogP contribution in [0.2, 0.25) is 0 Å². The lowest BCUT2D eigenvalue weighted by atomic mass is 10.0. The number of carbonyl (C=O) groups is 1. The fraction of sp³-hybridized carbons (Fsp3) is 0.0870. The van der Waals surface area contributed by atoms with Gasteiger partial charge in [0.25, 0.3) is 5.91 Å². The summed E-state index contributed by atoms with van der Waals surface area (Å²) >= 11 is 0. The number of nitrogens with zero attached hydrogens (tertiary/aromatic N) is 3. The molecule has 0 fully saturated rings. The second kappa shape index (κ2) is 7.36. The Morgan fingerprint density at radius 3 is 2.63 bits per heavy atom. The molecule has 0 saturated heterocycles. The standard InChI is InChI=1S/C23H18N4O3/c1-27-14-17(19-11-12-24-30-19)22(26-27)23(28)25-21(15-7-3-2-4-8-15)20-13-16-9-5-6-10-18(16)29-20/h2-14,21H,1H3,(H,25,28). The molecule has 0 saturated carbocycles. The maximum Gasteiger partial charge on any atom is 0.273 e. The third kappa shape index (κ3) is 3.26. The van der Waals surface area contributed by atoms with Crippen molar-refractivity contribution in [1.82, 2.24) is 20.3 Å². The molecule has 2 aromatic carbocycles. The fourth-order valence-corrected chi connectivity index (χ4v) is 3.50. The highest BCUT2D eigenvalue weighted by Gasteiger charge is 2.26. The molecule has 7 heteroatoms. The summed E-state index contributed by atoms with van der Waals surface area (Å²) in [7, 11) is 1.75. The molecular weight excluding hydrogens is 380 g/mol. The van der Waals surface area contributed by atoms with E-state index in [1.165, 1.54) is 6.20 Å². The Morgan fingerprint density at radius 1 is 1.07 bits per heavy atom. The zero-order chi connectivity index (χ0) is 20.5. The summed E-state index contributed by atoms with van der Waals surface area (Å²) in [6.07, 6.45) is 3.26. The van der Waals surface area contributed by atoms with E-state index in [0.29, 0.717) is 17.1 Å². The smallest absolute Gasteiger partial charge is 0.273 e. The molecule has 1 N–H and O–H groups in total. The Kier molecular flexibility index (Phi) is 4.40. The van der Waals surface area contributed by atoms with Crippen molar-refractivity contribution in [3.63, 3.8) is 0 Å². The van der Waals surface area contributed by atoms with Crippen LogP contribution in [0.1, 0.15) is 27.9 Å². The molecule has 30 heavy (non-hydrogen) atoms. The van der Waals surface area contributed by atoms with E-state index in [2.05, 4.69) is 15.6 Å².